The zero-order valence-corrected chi connectivity index (χ0v) is 14.6. The van der Waals surface area contributed by atoms with Gasteiger partial charge in [-0.3, -0.25) is 0 Å². The van der Waals surface area contributed by atoms with Crippen LogP contribution in [0.4, 0.5) is 13.2 Å². The van der Waals surface area contributed by atoms with Gasteiger partial charge in [0, 0.05) is 16.8 Å². The number of alkyl halides is 3. The summed E-state index contributed by atoms with van der Waals surface area (Å²) in [5, 5.41) is 3.02. The highest BCUT2D eigenvalue weighted by molar-refractivity contribution is 6.05. The Balaban J connectivity index is 0.00000196. The summed E-state index contributed by atoms with van der Waals surface area (Å²) >= 11 is 0. The Morgan fingerprint density at radius 2 is 1.50 bits per heavy atom. The Bertz CT molecular complexity index is 1100. The van der Waals surface area contributed by atoms with Crippen LogP contribution in [0.25, 0.3) is 32.8 Å². The molecule has 0 radical (unpaired) electrons. The third-order valence-corrected chi connectivity index (χ3v) is 4.50. The van der Waals surface area contributed by atoms with Gasteiger partial charge in [0.05, 0.1) is 10.9 Å². The Morgan fingerprint density at radius 3 is 2.27 bits per heavy atom. The molecule has 0 amide bonds. The minimum Gasteiger partial charge on any atom is -1.00 e. The maximum Gasteiger partial charge on any atom is 0.417 e. The van der Waals surface area contributed by atoms with Gasteiger partial charge in [-0.2, -0.15) is 13.2 Å². The second-order valence-electron chi connectivity index (χ2n) is 6.10. The average Bonchev–Trinajstić information content (AvgIpc) is 2.61. The van der Waals surface area contributed by atoms with E-state index in [4.69, 9.17) is 0 Å². The number of pyridine rings is 1. The van der Waals surface area contributed by atoms with Gasteiger partial charge in [-0.25, -0.2) is 4.57 Å². The number of fused-ring (bicyclic) bond motifs is 3. The summed E-state index contributed by atoms with van der Waals surface area (Å²) in [4.78, 5) is 0. The minimum absolute atomic E-state index is 0. The highest BCUT2D eigenvalue weighted by Gasteiger charge is 2.33. The van der Waals surface area contributed by atoms with Gasteiger partial charge < -0.3 is 12.4 Å². The topological polar surface area (TPSA) is 3.88 Å². The van der Waals surface area contributed by atoms with Crippen LogP contribution in [0.5, 0.6) is 0 Å². The first-order chi connectivity index (χ1) is 11.9. The zero-order chi connectivity index (χ0) is 17.6. The van der Waals surface area contributed by atoms with E-state index in [1.54, 1.807) is 12.1 Å². The van der Waals surface area contributed by atoms with Crippen molar-refractivity contribution in [2.75, 3.05) is 0 Å². The van der Waals surface area contributed by atoms with Crippen LogP contribution in [0.2, 0.25) is 0 Å². The van der Waals surface area contributed by atoms with E-state index in [1.165, 1.54) is 12.1 Å². The molecule has 0 saturated heterocycles. The fourth-order valence-electron chi connectivity index (χ4n) is 3.34. The average molecular weight is 374 g/mol. The summed E-state index contributed by atoms with van der Waals surface area (Å²) < 4.78 is 42.1. The number of halogens is 4. The lowest BCUT2D eigenvalue weighted by Crippen LogP contribution is -3.00. The number of aryl methyl sites for hydroxylation is 1. The molecular formula is C21H15ClF3N. The van der Waals surface area contributed by atoms with E-state index in [2.05, 4.69) is 0 Å². The molecule has 0 aliphatic carbocycles. The number of nitrogens with zero attached hydrogens (tertiary/aromatic N) is 1. The van der Waals surface area contributed by atoms with Gasteiger partial charge in [0.15, 0.2) is 6.20 Å². The third kappa shape index (κ3) is 3.01. The number of hydrogen-bond acceptors (Lipinski definition) is 0. The molecule has 26 heavy (non-hydrogen) atoms. The van der Waals surface area contributed by atoms with Crippen LogP contribution in [0, 0.1) is 0 Å². The van der Waals surface area contributed by atoms with Crippen molar-refractivity contribution in [1.29, 1.82) is 0 Å². The third-order valence-electron chi connectivity index (χ3n) is 4.50. The second kappa shape index (κ2) is 6.61. The Labute approximate surface area is 155 Å². The molecule has 0 saturated carbocycles. The first-order valence-electron chi connectivity index (χ1n) is 7.93. The van der Waals surface area contributed by atoms with Crippen molar-refractivity contribution >= 4 is 21.7 Å². The maximum atomic E-state index is 13.4. The molecule has 0 aliphatic heterocycles. The van der Waals surface area contributed by atoms with Gasteiger partial charge in [-0.05, 0) is 35.4 Å². The molecule has 0 bridgehead atoms. The lowest BCUT2D eigenvalue weighted by Gasteiger charge is -2.13. The number of aromatic nitrogens is 1. The fourth-order valence-corrected chi connectivity index (χ4v) is 3.34. The largest absolute Gasteiger partial charge is 1.00 e. The first-order valence-corrected chi connectivity index (χ1v) is 7.93. The van der Waals surface area contributed by atoms with Crippen molar-refractivity contribution in [1.82, 2.24) is 0 Å². The van der Waals surface area contributed by atoms with Gasteiger partial charge in [0.1, 0.15) is 7.05 Å². The molecule has 0 N–H and O–H groups in total. The summed E-state index contributed by atoms with van der Waals surface area (Å²) in [7, 11) is 1.94. The molecule has 3 aromatic carbocycles. The summed E-state index contributed by atoms with van der Waals surface area (Å²) in [6, 6.07) is 19.1. The highest BCUT2D eigenvalue weighted by Crippen LogP contribution is 2.38. The summed E-state index contributed by atoms with van der Waals surface area (Å²) in [6.45, 7) is 0. The molecular weight excluding hydrogens is 359 g/mol. The zero-order valence-electron chi connectivity index (χ0n) is 13.9. The van der Waals surface area contributed by atoms with Crippen LogP contribution in [0.3, 0.4) is 0 Å². The van der Waals surface area contributed by atoms with Crippen LogP contribution in [0.15, 0.2) is 72.9 Å². The predicted molar refractivity (Wildman–Crippen MR) is 93.1 cm³/mol. The van der Waals surface area contributed by atoms with E-state index in [1.807, 2.05) is 54.2 Å². The smallest absolute Gasteiger partial charge is 0.417 e. The summed E-state index contributed by atoms with van der Waals surface area (Å²) in [6.07, 6.45) is -2.35. The van der Waals surface area contributed by atoms with E-state index >= 15 is 0 Å². The minimum atomic E-state index is -4.38. The van der Waals surface area contributed by atoms with Gasteiger partial charge in [0.25, 0.3) is 0 Å². The van der Waals surface area contributed by atoms with E-state index in [0.29, 0.717) is 5.56 Å². The summed E-state index contributed by atoms with van der Waals surface area (Å²) in [5.74, 6) is 0. The van der Waals surface area contributed by atoms with Crippen molar-refractivity contribution in [3.63, 3.8) is 0 Å². The standard InChI is InChI=1S/C21H15F3N.ClH/c1-25-13-15-6-2-3-7-16(15)18-12-14(10-11-20(18)25)17-8-4-5-9-19(17)21(22,23)24;/h2-13H,1H3;1H/q+1;/p-1. The van der Waals surface area contributed by atoms with Gasteiger partial charge in [-0.15, -0.1) is 0 Å². The molecule has 1 aromatic heterocycles. The highest BCUT2D eigenvalue weighted by atomic mass is 35.5. The molecule has 1 heterocycles. The van der Waals surface area contributed by atoms with Crippen molar-refractivity contribution in [3.8, 4) is 11.1 Å². The van der Waals surface area contributed by atoms with Crippen LogP contribution in [0.1, 0.15) is 5.56 Å². The van der Waals surface area contributed by atoms with Crippen molar-refractivity contribution in [2.24, 2.45) is 7.05 Å². The Kier molecular flexibility index (Phi) is 4.63. The van der Waals surface area contributed by atoms with Crippen molar-refractivity contribution < 1.29 is 30.1 Å². The van der Waals surface area contributed by atoms with Crippen LogP contribution in [-0.2, 0) is 13.2 Å². The van der Waals surface area contributed by atoms with Crippen molar-refractivity contribution in [3.05, 3.63) is 78.5 Å². The quantitative estimate of drug-likeness (QED) is 0.356. The van der Waals surface area contributed by atoms with E-state index in [-0.39, 0.29) is 18.0 Å². The first kappa shape index (κ1) is 18.2. The van der Waals surface area contributed by atoms with Gasteiger partial charge in [-0.1, -0.05) is 36.4 Å². The maximum absolute atomic E-state index is 13.4. The normalized spacial score (nSPS) is 11.5. The Hall–Kier alpha value is -2.59. The molecule has 0 atom stereocenters. The number of benzene rings is 3. The molecule has 0 unspecified atom stereocenters. The lowest BCUT2D eigenvalue weighted by atomic mass is 9.96. The SMILES string of the molecule is C[n+]1cc2ccccc2c2cc(-c3ccccc3C(F)(F)F)ccc21.[Cl-]. The van der Waals surface area contributed by atoms with E-state index < -0.39 is 11.7 Å². The van der Waals surface area contributed by atoms with Gasteiger partial charge >= 0.3 is 6.18 Å². The predicted octanol–water partition coefficient (Wildman–Crippen LogP) is 2.51. The second-order valence-corrected chi connectivity index (χ2v) is 6.10. The molecule has 0 fully saturated rings. The van der Waals surface area contributed by atoms with Crippen LogP contribution in [-0.4, -0.2) is 0 Å². The molecule has 1 nitrogen and oxygen atoms in total. The van der Waals surface area contributed by atoms with Crippen LogP contribution < -0.4 is 17.0 Å². The number of hydrogen-bond donors (Lipinski definition) is 0. The van der Waals surface area contributed by atoms with Crippen LogP contribution >= 0.6 is 0 Å². The van der Waals surface area contributed by atoms with E-state index in [9.17, 15) is 13.2 Å². The molecule has 4 rings (SSSR count). The fraction of sp³-hybridized carbons (Fsp3) is 0.0952. The summed E-state index contributed by atoms with van der Waals surface area (Å²) in [5.41, 5.74) is 1.13. The monoisotopic (exact) mass is 373 g/mol. The van der Waals surface area contributed by atoms with E-state index in [0.717, 1.165) is 27.7 Å². The molecule has 5 heteroatoms. The lowest BCUT2D eigenvalue weighted by molar-refractivity contribution is -0.643. The number of rotatable bonds is 1. The van der Waals surface area contributed by atoms with Gasteiger partial charge in [0.2, 0.25) is 5.52 Å². The van der Waals surface area contributed by atoms with Crippen molar-refractivity contribution in [2.45, 2.75) is 6.18 Å². The molecule has 0 aliphatic rings. The molecule has 0 spiro atoms. The molecule has 4 aromatic rings. The molecule has 132 valence electrons. The Morgan fingerprint density at radius 1 is 0.808 bits per heavy atom.